The Hall–Kier alpha value is -0.300. The number of rotatable bonds is 7. The molecule has 0 aliphatic heterocycles. The van der Waals surface area contributed by atoms with Crippen LogP contribution in [0.1, 0.15) is 40.0 Å². The van der Waals surface area contributed by atoms with Crippen molar-refractivity contribution in [2.45, 2.75) is 45.7 Å². The molecule has 0 heterocycles. The van der Waals surface area contributed by atoms with Crippen LogP contribution in [0.25, 0.3) is 0 Å². The minimum atomic E-state index is -2.18. The van der Waals surface area contributed by atoms with Gasteiger partial charge in [0.2, 0.25) is 0 Å². The predicted molar refractivity (Wildman–Crippen MR) is 64.2 cm³/mol. The van der Waals surface area contributed by atoms with E-state index in [2.05, 4.69) is 13.8 Å². The van der Waals surface area contributed by atoms with Crippen LogP contribution in [0.4, 0.5) is 0 Å². The number of aliphatic carboxylic acids is 1. The Labute approximate surface area is 92.6 Å². The van der Waals surface area contributed by atoms with E-state index in [0.29, 0.717) is 12.3 Å². The highest BCUT2D eigenvalue weighted by atomic mass is 31.2. The average Bonchev–Trinajstić information content (AvgIpc) is 2.01. The molecule has 1 N–H and O–H groups in total. The second kappa shape index (κ2) is 6.32. The van der Waals surface area contributed by atoms with Crippen molar-refractivity contribution in [1.82, 2.24) is 0 Å². The first-order valence-corrected chi connectivity index (χ1v) is 7.98. The van der Waals surface area contributed by atoms with Crippen molar-refractivity contribution in [3.05, 3.63) is 0 Å². The first kappa shape index (κ1) is 14.7. The van der Waals surface area contributed by atoms with Crippen LogP contribution < -0.4 is 0 Å². The second-order valence-electron chi connectivity index (χ2n) is 4.74. The summed E-state index contributed by atoms with van der Waals surface area (Å²) in [5.41, 5.74) is 0.0796. The molecule has 15 heavy (non-hydrogen) atoms. The molecule has 0 aliphatic rings. The van der Waals surface area contributed by atoms with Crippen LogP contribution in [0.15, 0.2) is 0 Å². The van der Waals surface area contributed by atoms with E-state index in [-0.39, 0.29) is 12.1 Å². The summed E-state index contributed by atoms with van der Waals surface area (Å²) in [6, 6.07) is 0. The van der Waals surface area contributed by atoms with Crippen LogP contribution in [-0.4, -0.2) is 29.6 Å². The molecule has 3 nitrogen and oxygen atoms in total. The Morgan fingerprint density at radius 2 is 1.93 bits per heavy atom. The van der Waals surface area contributed by atoms with E-state index in [0.717, 1.165) is 12.6 Å². The molecule has 0 aromatic heterocycles. The third kappa shape index (κ3) is 5.99. The third-order valence-electron chi connectivity index (χ3n) is 2.66. The van der Waals surface area contributed by atoms with Gasteiger partial charge in [-0.25, -0.2) is 0 Å². The van der Waals surface area contributed by atoms with Crippen molar-refractivity contribution in [3.8, 4) is 0 Å². The summed E-state index contributed by atoms with van der Waals surface area (Å²) in [4.78, 5) is 10.5. The lowest BCUT2D eigenvalue weighted by Gasteiger charge is -2.24. The highest BCUT2D eigenvalue weighted by Crippen LogP contribution is 2.51. The first-order chi connectivity index (χ1) is 6.79. The van der Waals surface area contributed by atoms with Crippen molar-refractivity contribution < 1.29 is 14.5 Å². The van der Waals surface area contributed by atoms with Crippen LogP contribution >= 0.6 is 7.14 Å². The van der Waals surface area contributed by atoms with E-state index in [1.165, 1.54) is 0 Å². The Balaban J connectivity index is 4.37. The summed E-state index contributed by atoms with van der Waals surface area (Å²) < 4.78 is 12.4. The van der Waals surface area contributed by atoms with Crippen LogP contribution in [0.2, 0.25) is 0 Å². The summed E-state index contributed by atoms with van der Waals surface area (Å²) >= 11 is 0. The molecule has 0 aromatic rings. The SMILES string of the molecule is CCC(CCC(=O)O)P(C)(=O)CC(C)C. The molecule has 90 valence electrons. The number of carboxylic acids is 1. The lowest BCUT2D eigenvalue weighted by atomic mass is 10.2. The molecule has 4 heteroatoms. The zero-order valence-electron chi connectivity index (χ0n) is 10.2. The molecule has 0 saturated carbocycles. The molecule has 0 amide bonds. The minimum absolute atomic E-state index is 0.0796. The Bertz CT molecular complexity index is 248. The molecule has 2 unspecified atom stereocenters. The maximum absolute atomic E-state index is 12.4. The van der Waals surface area contributed by atoms with Crippen molar-refractivity contribution >= 4 is 13.1 Å². The standard InChI is InChI=1S/C11H23O3P/c1-5-10(6-7-11(12)13)15(4,14)8-9(2)3/h9-10H,5-8H2,1-4H3,(H,12,13). The Kier molecular flexibility index (Phi) is 6.19. The van der Waals surface area contributed by atoms with Crippen LogP contribution in [0.3, 0.4) is 0 Å². The molecule has 0 radical (unpaired) electrons. The Morgan fingerprint density at radius 1 is 1.40 bits per heavy atom. The monoisotopic (exact) mass is 234 g/mol. The van der Waals surface area contributed by atoms with Crippen molar-refractivity contribution in [2.24, 2.45) is 5.92 Å². The van der Waals surface area contributed by atoms with Crippen LogP contribution in [-0.2, 0) is 9.36 Å². The number of carboxylic acid groups (broad SMARTS) is 1. The Morgan fingerprint density at radius 3 is 2.27 bits per heavy atom. The maximum Gasteiger partial charge on any atom is 0.303 e. The lowest BCUT2D eigenvalue weighted by molar-refractivity contribution is -0.137. The zero-order chi connectivity index (χ0) is 12.1. The molecular weight excluding hydrogens is 211 g/mol. The minimum Gasteiger partial charge on any atom is -0.481 e. The number of hydrogen-bond donors (Lipinski definition) is 1. The lowest BCUT2D eigenvalue weighted by Crippen LogP contribution is -2.14. The smallest absolute Gasteiger partial charge is 0.303 e. The quantitative estimate of drug-likeness (QED) is 0.688. The average molecular weight is 234 g/mol. The van der Waals surface area contributed by atoms with E-state index in [1.54, 1.807) is 0 Å². The molecule has 0 aromatic carbocycles. The van der Waals surface area contributed by atoms with Gasteiger partial charge < -0.3 is 9.67 Å². The van der Waals surface area contributed by atoms with E-state index in [9.17, 15) is 9.36 Å². The van der Waals surface area contributed by atoms with Gasteiger partial charge in [0.05, 0.1) is 7.14 Å². The van der Waals surface area contributed by atoms with E-state index < -0.39 is 13.1 Å². The predicted octanol–water partition coefficient (Wildman–Crippen LogP) is 3.28. The van der Waals surface area contributed by atoms with Gasteiger partial charge in [0.25, 0.3) is 0 Å². The summed E-state index contributed by atoms with van der Waals surface area (Å²) in [6.07, 6.45) is 2.22. The van der Waals surface area contributed by atoms with Crippen molar-refractivity contribution in [2.75, 3.05) is 12.8 Å². The van der Waals surface area contributed by atoms with Gasteiger partial charge in [0.15, 0.2) is 0 Å². The van der Waals surface area contributed by atoms with Gasteiger partial charge in [0, 0.05) is 18.2 Å². The zero-order valence-corrected chi connectivity index (χ0v) is 11.1. The van der Waals surface area contributed by atoms with Gasteiger partial charge in [0.1, 0.15) is 0 Å². The molecule has 0 aliphatic carbocycles. The molecule has 0 bridgehead atoms. The van der Waals surface area contributed by atoms with Crippen molar-refractivity contribution in [1.29, 1.82) is 0 Å². The van der Waals surface area contributed by atoms with E-state index in [4.69, 9.17) is 5.11 Å². The summed E-state index contributed by atoms with van der Waals surface area (Å²) in [7, 11) is -2.18. The second-order valence-corrected chi connectivity index (χ2v) is 8.19. The van der Waals surface area contributed by atoms with E-state index in [1.807, 2.05) is 13.6 Å². The molecule has 2 atom stereocenters. The fourth-order valence-corrected chi connectivity index (χ4v) is 5.22. The fraction of sp³-hybridized carbons (Fsp3) is 0.909. The van der Waals surface area contributed by atoms with Gasteiger partial charge in [-0.2, -0.15) is 0 Å². The number of hydrogen-bond acceptors (Lipinski definition) is 2. The van der Waals surface area contributed by atoms with Crippen molar-refractivity contribution in [3.63, 3.8) is 0 Å². The largest absolute Gasteiger partial charge is 0.481 e. The summed E-state index contributed by atoms with van der Waals surface area (Å²) in [5, 5.41) is 8.62. The molecule has 0 saturated heterocycles. The normalized spacial score (nSPS) is 17.4. The van der Waals surface area contributed by atoms with Crippen LogP contribution in [0, 0.1) is 5.92 Å². The summed E-state index contributed by atoms with van der Waals surface area (Å²) in [6.45, 7) is 7.92. The summed E-state index contributed by atoms with van der Waals surface area (Å²) in [5.74, 6) is -0.377. The van der Waals surface area contributed by atoms with Crippen LogP contribution in [0.5, 0.6) is 0 Å². The van der Waals surface area contributed by atoms with Gasteiger partial charge in [-0.1, -0.05) is 20.8 Å². The molecule has 0 spiro atoms. The van der Waals surface area contributed by atoms with Gasteiger partial charge >= 0.3 is 5.97 Å². The van der Waals surface area contributed by atoms with Gasteiger partial charge in [-0.3, -0.25) is 4.79 Å². The van der Waals surface area contributed by atoms with Gasteiger partial charge in [-0.05, 0) is 25.4 Å². The van der Waals surface area contributed by atoms with Gasteiger partial charge in [-0.15, -0.1) is 0 Å². The fourth-order valence-electron chi connectivity index (χ4n) is 2.03. The molecule has 0 rings (SSSR count). The highest BCUT2D eigenvalue weighted by Gasteiger charge is 2.27. The molecular formula is C11H23O3P. The molecule has 0 fully saturated rings. The van der Waals surface area contributed by atoms with E-state index >= 15 is 0 Å². The maximum atomic E-state index is 12.4. The third-order valence-corrected chi connectivity index (χ3v) is 6.29. The topological polar surface area (TPSA) is 54.4 Å². The number of carbonyl (C=O) groups is 1. The highest BCUT2D eigenvalue weighted by molar-refractivity contribution is 7.63. The first-order valence-electron chi connectivity index (χ1n) is 5.57.